The largest absolute Gasteiger partial charge is 0.480 e. The normalized spacial score (nSPS) is 15.0. The van der Waals surface area contributed by atoms with Crippen molar-refractivity contribution in [2.24, 2.45) is 10.2 Å². The number of aliphatic carboxylic acids is 1. The first kappa shape index (κ1) is 16.6. The van der Waals surface area contributed by atoms with Gasteiger partial charge in [0.25, 0.3) is 5.91 Å². The number of nitrogens with zero attached hydrogens (tertiary/aromatic N) is 4. The number of anilines is 1. The summed E-state index contributed by atoms with van der Waals surface area (Å²) in [4.78, 5) is 26.5. The summed E-state index contributed by atoms with van der Waals surface area (Å²) in [6.45, 7) is -0.315. The van der Waals surface area contributed by atoms with Gasteiger partial charge in [-0.05, 0) is 12.1 Å². The van der Waals surface area contributed by atoms with Crippen LogP contribution in [-0.4, -0.2) is 32.7 Å². The number of benzene rings is 1. The zero-order chi connectivity index (χ0) is 18.2. The molecule has 2 heterocycles. The lowest BCUT2D eigenvalue weighted by Crippen LogP contribution is -2.30. The van der Waals surface area contributed by atoms with Crippen molar-refractivity contribution in [3.05, 3.63) is 47.9 Å². The summed E-state index contributed by atoms with van der Waals surface area (Å²) in [7, 11) is 0. The number of halogens is 3. The Morgan fingerprint density at radius 2 is 1.84 bits per heavy atom. The van der Waals surface area contributed by atoms with Gasteiger partial charge in [-0.15, -0.1) is 10.2 Å². The molecule has 0 bridgehead atoms. The first-order chi connectivity index (χ1) is 11.7. The van der Waals surface area contributed by atoms with Crippen molar-refractivity contribution in [2.45, 2.75) is 18.4 Å². The molecule has 11 heteroatoms. The molecule has 2 N–H and O–H groups in total. The molecule has 1 aliphatic rings. The summed E-state index contributed by atoms with van der Waals surface area (Å²) in [5, 5.41) is 17.2. The topological polar surface area (TPSA) is 109 Å². The highest BCUT2D eigenvalue weighted by atomic mass is 19.4. The lowest BCUT2D eigenvalue weighted by Gasteiger charge is -2.14. The van der Waals surface area contributed by atoms with Crippen molar-refractivity contribution in [2.75, 3.05) is 5.32 Å². The Hall–Kier alpha value is -3.24. The minimum atomic E-state index is -4.63. The molecule has 3 rings (SSSR count). The van der Waals surface area contributed by atoms with Gasteiger partial charge in [0.1, 0.15) is 6.54 Å². The fourth-order valence-electron chi connectivity index (χ4n) is 2.15. The summed E-state index contributed by atoms with van der Waals surface area (Å²) in [6.07, 6.45) is -2.08. The number of aromatic nitrogens is 2. The van der Waals surface area contributed by atoms with E-state index in [9.17, 15) is 22.8 Å². The van der Waals surface area contributed by atoms with E-state index < -0.39 is 23.7 Å². The molecule has 1 amide bonds. The molecule has 2 aromatic rings. The Balaban J connectivity index is 1.69. The number of carbonyl (C=O) groups is 2. The number of imidazole rings is 1. The van der Waals surface area contributed by atoms with Crippen LogP contribution in [-0.2, 0) is 17.0 Å². The summed E-state index contributed by atoms with van der Waals surface area (Å²) in [5.41, 5.74) is -2.60. The number of alkyl halides is 3. The zero-order valence-corrected chi connectivity index (χ0v) is 12.4. The third kappa shape index (κ3) is 3.20. The summed E-state index contributed by atoms with van der Waals surface area (Å²) in [5.74, 6) is -1.55. The van der Waals surface area contributed by atoms with E-state index in [-0.39, 0.29) is 23.5 Å². The zero-order valence-electron chi connectivity index (χ0n) is 12.4. The van der Waals surface area contributed by atoms with Crippen LogP contribution in [0.1, 0.15) is 15.9 Å². The fourth-order valence-corrected chi connectivity index (χ4v) is 2.15. The van der Waals surface area contributed by atoms with Crippen LogP contribution in [0.15, 0.2) is 47.0 Å². The van der Waals surface area contributed by atoms with E-state index in [1.54, 1.807) is 0 Å². The molecule has 0 radical (unpaired) electrons. The molecule has 1 aromatic heterocycles. The van der Waals surface area contributed by atoms with Crippen LogP contribution in [0.4, 0.5) is 19.0 Å². The van der Waals surface area contributed by atoms with E-state index >= 15 is 0 Å². The van der Waals surface area contributed by atoms with Gasteiger partial charge < -0.3 is 15.0 Å². The summed E-state index contributed by atoms with van der Waals surface area (Å²) >= 11 is 0. The summed E-state index contributed by atoms with van der Waals surface area (Å²) in [6, 6.07) is 4.70. The second kappa shape index (κ2) is 5.69. The van der Waals surface area contributed by atoms with Crippen molar-refractivity contribution in [3.63, 3.8) is 0 Å². The number of hydrogen-bond donors (Lipinski definition) is 2. The van der Waals surface area contributed by atoms with Crippen molar-refractivity contribution in [1.29, 1.82) is 0 Å². The maximum absolute atomic E-state index is 12.9. The van der Waals surface area contributed by atoms with Crippen LogP contribution in [0, 0.1) is 0 Å². The fraction of sp³-hybridized carbons (Fsp3) is 0.214. The van der Waals surface area contributed by atoms with Crippen LogP contribution < -0.4 is 5.32 Å². The van der Waals surface area contributed by atoms with Crippen molar-refractivity contribution >= 4 is 17.7 Å². The van der Waals surface area contributed by atoms with Crippen molar-refractivity contribution in [1.82, 2.24) is 9.55 Å². The Bertz CT molecular complexity index is 851. The molecule has 0 aliphatic carbocycles. The molecular weight excluding hydrogens is 343 g/mol. The predicted octanol–water partition coefficient (Wildman–Crippen LogP) is 2.40. The average Bonchev–Trinajstić information content (AvgIpc) is 3.25. The molecule has 0 saturated heterocycles. The highest BCUT2D eigenvalue weighted by molar-refractivity contribution is 6.03. The lowest BCUT2D eigenvalue weighted by molar-refractivity contribution is -0.166. The number of carboxylic acid groups (broad SMARTS) is 1. The van der Waals surface area contributed by atoms with Crippen molar-refractivity contribution < 1.29 is 27.9 Å². The van der Waals surface area contributed by atoms with Gasteiger partial charge in [0.05, 0.1) is 6.33 Å². The monoisotopic (exact) mass is 353 g/mol. The van der Waals surface area contributed by atoms with Gasteiger partial charge in [0.15, 0.2) is 5.82 Å². The molecule has 0 atom stereocenters. The molecule has 0 saturated carbocycles. The standard InChI is InChI=1S/C14H10F3N5O3/c15-14(16,17)13(20-21-13)9-3-1-8(2-4-9)12(25)19-10-5-22(7-18-10)6-11(23)24/h1-5,7H,6H2,(H,19,25)(H,23,24). The third-order valence-electron chi connectivity index (χ3n) is 3.44. The van der Waals surface area contributed by atoms with Crippen LogP contribution in [0.2, 0.25) is 0 Å². The molecule has 1 aromatic carbocycles. The molecule has 0 unspecified atom stereocenters. The maximum atomic E-state index is 12.9. The van der Waals surface area contributed by atoms with E-state index in [2.05, 4.69) is 20.5 Å². The first-order valence-electron chi connectivity index (χ1n) is 6.87. The third-order valence-corrected chi connectivity index (χ3v) is 3.44. The van der Waals surface area contributed by atoms with Crippen LogP contribution in [0.3, 0.4) is 0 Å². The second-order valence-electron chi connectivity index (χ2n) is 5.23. The quantitative estimate of drug-likeness (QED) is 0.860. The van der Waals surface area contributed by atoms with Gasteiger partial charge in [0, 0.05) is 17.3 Å². The number of amides is 1. The molecule has 25 heavy (non-hydrogen) atoms. The Morgan fingerprint density at radius 3 is 2.36 bits per heavy atom. The average molecular weight is 353 g/mol. The molecule has 0 fully saturated rings. The molecule has 8 nitrogen and oxygen atoms in total. The molecule has 130 valence electrons. The SMILES string of the molecule is O=C(O)Cn1cnc(NC(=O)c2ccc(C3(C(F)(F)F)N=N3)cc2)c1. The molecular formula is C14H10F3N5O3. The number of carbonyl (C=O) groups excluding carboxylic acids is 1. The molecule has 0 spiro atoms. The van der Waals surface area contributed by atoms with Gasteiger partial charge in [-0.2, -0.15) is 13.2 Å². The minimum Gasteiger partial charge on any atom is -0.480 e. The first-order valence-corrected chi connectivity index (χ1v) is 6.87. The van der Waals surface area contributed by atoms with Crippen LogP contribution in [0.25, 0.3) is 0 Å². The predicted molar refractivity (Wildman–Crippen MR) is 76.8 cm³/mol. The molecule has 1 aliphatic heterocycles. The van der Waals surface area contributed by atoms with E-state index in [0.29, 0.717) is 0 Å². The highest BCUT2D eigenvalue weighted by Gasteiger charge is 2.65. The number of carboxylic acids is 1. The Kier molecular flexibility index (Phi) is 3.78. The van der Waals surface area contributed by atoms with Crippen LogP contribution >= 0.6 is 0 Å². The summed E-state index contributed by atoms with van der Waals surface area (Å²) < 4.78 is 40.0. The smallest absolute Gasteiger partial charge is 0.442 e. The van der Waals surface area contributed by atoms with Crippen molar-refractivity contribution in [3.8, 4) is 0 Å². The second-order valence-corrected chi connectivity index (χ2v) is 5.23. The number of nitrogens with one attached hydrogen (secondary N) is 1. The van der Waals surface area contributed by atoms with Crippen LogP contribution in [0.5, 0.6) is 0 Å². The minimum absolute atomic E-state index is 0.106. The van der Waals surface area contributed by atoms with E-state index in [1.807, 2.05) is 0 Å². The van der Waals surface area contributed by atoms with Gasteiger partial charge in [-0.1, -0.05) is 12.1 Å². The van der Waals surface area contributed by atoms with Gasteiger partial charge in [-0.25, -0.2) is 4.98 Å². The van der Waals surface area contributed by atoms with Gasteiger partial charge in [0.2, 0.25) is 0 Å². The van der Waals surface area contributed by atoms with Gasteiger partial charge in [-0.3, -0.25) is 9.59 Å². The Morgan fingerprint density at radius 1 is 1.20 bits per heavy atom. The number of hydrogen-bond acceptors (Lipinski definition) is 5. The number of rotatable bonds is 5. The van der Waals surface area contributed by atoms with E-state index in [4.69, 9.17) is 5.11 Å². The van der Waals surface area contributed by atoms with Gasteiger partial charge >= 0.3 is 17.8 Å². The highest BCUT2D eigenvalue weighted by Crippen LogP contribution is 2.52. The van der Waals surface area contributed by atoms with E-state index in [1.165, 1.54) is 29.2 Å². The van der Waals surface area contributed by atoms with E-state index in [0.717, 1.165) is 12.1 Å². The lowest BCUT2D eigenvalue weighted by atomic mass is 10.0. The maximum Gasteiger partial charge on any atom is 0.442 e. The Labute approximate surface area is 138 Å².